The third-order valence-corrected chi connectivity index (χ3v) is 4.78. The Kier molecular flexibility index (Phi) is 6.05. The van der Waals surface area contributed by atoms with E-state index in [1.54, 1.807) is 25.3 Å². The summed E-state index contributed by atoms with van der Waals surface area (Å²) in [5.41, 5.74) is 4.79. The van der Waals surface area contributed by atoms with Crippen molar-refractivity contribution in [1.29, 1.82) is 0 Å². The van der Waals surface area contributed by atoms with E-state index in [0.717, 1.165) is 33.3 Å². The Morgan fingerprint density at radius 1 is 1.25 bits per heavy atom. The topological polar surface area (TPSA) is 38.0 Å². The van der Waals surface area contributed by atoms with Gasteiger partial charge in [0.05, 0.1) is 6.61 Å². The number of allylic oxidation sites excluding steroid dienone is 2. The average molecular weight is 382 g/mol. The Morgan fingerprint density at radius 3 is 2.71 bits per heavy atom. The lowest BCUT2D eigenvalue weighted by Crippen LogP contribution is -2.00. The Morgan fingerprint density at radius 2 is 2.04 bits per heavy atom. The first-order valence-electron chi connectivity index (χ1n) is 9.30. The second kappa shape index (κ2) is 8.48. The third-order valence-electron chi connectivity index (χ3n) is 4.78. The molecule has 0 amide bonds. The molecule has 146 valence electrons. The van der Waals surface area contributed by atoms with Crippen LogP contribution in [0.4, 0.5) is 8.78 Å². The first kappa shape index (κ1) is 20.0. The fourth-order valence-corrected chi connectivity index (χ4v) is 3.44. The Labute approximate surface area is 163 Å². The smallest absolute Gasteiger partial charge is 0.140 e. The van der Waals surface area contributed by atoms with E-state index in [1.165, 1.54) is 12.1 Å². The molecule has 5 heteroatoms. The summed E-state index contributed by atoms with van der Waals surface area (Å²) in [6, 6.07) is 8.63. The van der Waals surface area contributed by atoms with Crippen LogP contribution in [0, 0.1) is 12.7 Å². The summed E-state index contributed by atoms with van der Waals surface area (Å²) in [5, 5.41) is 10.4. The van der Waals surface area contributed by atoms with Crippen LogP contribution in [0.25, 0.3) is 22.2 Å². The molecule has 0 aliphatic rings. The van der Waals surface area contributed by atoms with E-state index in [2.05, 4.69) is 4.98 Å². The van der Waals surface area contributed by atoms with Gasteiger partial charge >= 0.3 is 0 Å². The van der Waals surface area contributed by atoms with Gasteiger partial charge in [-0.3, -0.25) is 0 Å². The first-order chi connectivity index (χ1) is 13.4. The second-order valence-corrected chi connectivity index (χ2v) is 6.94. The van der Waals surface area contributed by atoms with Gasteiger partial charge in [0.15, 0.2) is 0 Å². The highest BCUT2D eigenvalue weighted by Crippen LogP contribution is 2.32. The number of hydrogen-bond acceptors (Lipinski definition) is 2. The number of rotatable bonds is 6. The molecule has 0 saturated heterocycles. The fourth-order valence-electron chi connectivity index (χ4n) is 3.44. The molecule has 0 atom stereocenters. The molecule has 0 unspecified atom stereocenters. The van der Waals surface area contributed by atoms with E-state index in [0.29, 0.717) is 12.1 Å². The molecule has 0 spiro atoms. The molecule has 2 heterocycles. The maximum absolute atomic E-state index is 13.9. The van der Waals surface area contributed by atoms with Gasteiger partial charge in [-0.05, 0) is 55.7 Å². The molecule has 28 heavy (non-hydrogen) atoms. The number of aryl methyl sites for hydroxylation is 1. The van der Waals surface area contributed by atoms with Crippen molar-refractivity contribution < 1.29 is 13.9 Å². The molecule has 0 aliphatic carbocycles. The van der Waals surface area contributed by atoms with Crippen LogP contribution < -0.4 is 0 Å². The lowest BCUT2D eigenvalue weighted by Gasteiger charge is -2.07. The van der Waals surface area contributed by atoms with Gasteiger partial charge in [0, 0.05) is 35.5 Å². The number of benzene rings is 1. The van der Waals surface area contributed by atoms with Gasteiger partial charge in [0.2, 0.25) is 0 Å². The van der Waals surface area contributed by atoms with E-state index in [-0.39, 0.29) is 24.7 Å². The predicted molar refractivity (Wildman–Crippen MR) is 109 cm³/mol. The summed E-state index contributed by atoms with van der Waals surface area (Å²) in [7, 11) is 0. The lowest BCUT2D eigenvalue weighted by atomic mass is 10.0. The monoisotopic (exact) mass is 382 g/mol. The number of aliphatic hydroxyl groups excluding tert-OH is 1. The maximum atomic E-state index is 13.9. The second-order valence-electron chi connectivity index (χ2n) is 6.94. The zero-order chi connectivity index (χ0) is 20.3. The van der Waals surface area contributed by atoms with Crippen molar-refractivity contribution in [2.24, 2.45) is 0 Å². The quantitative estimate of drug-likeness (QED) is 0.554. The fraction of sp³-hybridized carbons (Fsp3) is 0.261. The Hall–Kier alpha value is -2.79. The van der Waals surface area contributed by atoms with Gasteiger partial charge < -0.3 is 9.67 Å². The predicted octanol–water partition coefficient (Wildman–Crippen LogP) is 5.72. The molecule has 0 aliphatic heterocycles. The summed E-state index contributed by atoms with van der Waals surface area (Å²) in [5.74, 6) is -0.567. The molecular weight excluding hydrogens is 358 g/mol. The van der Waals surface area contributed by atoms with Crippen LogP contribution in [0.15, 0.2) is 65.8 Å². The van der Waals surface area contributed by atoms with Crippen LogP contribution in [0.5, 0.6) is 0 Å². The molecule has 0 bridgehead atoms. The van der Waals surface area contributed by atoms with Crippen LogP contribution in [0.1, 0.15) is 25.8 Å². The molecule has 2 aromatic heterocycles. The van der Waals surface area contributed by atoms with Crippen molar-refractivity contribution in [3.63, 3.8) is 0 Å². The van der Waals surface area contributed by atoms with Crippen LogP contribution in [-0.2, 0) is 6.54 Å². The van der Waals surface area contributed by atoms with E-state index in [1.807, 2.05) is 36.7 Å². The number of aliphatic hydroxyl groups is 1. The third kappa shape index (κ3) is 4.04. The highest BCUT2D eigenvalue weighted by Gasteiger charge is 2.14. The zero-order valence-corrected chi connectivity index (χ0v) is 16.3. The van der Waals surface area contributed by atoms with Gasteiger partial charge in [0.1, 0.15) is 17.3 Å². The molecule has 1 aromatic carbocycles. The van der Waals surface area contributed by atoms with Crippen LogP contribution in [0.3, 0.4) is 0 Å². The lowest BCUT2D eigenvalue weighted by molar-refractivity contribution is 0.329. The molecule has 3 rings (SSSR count). The van der Waals surface area contributed by atoms with E-state index in [9.17, 15) is 13.9 Å². The van der Waals surface area contributed by atoms with E-state index >= 15 is 0 Å². The number of hydrogen-bond donors (Lipinski definition) is 1. The molecule has 0 saturated carbocycles. The van der Waals surface area contributed by atoms with Crippen molar-refractivity contribution in [2.75, 3.05) is 6.61 Å². The molecular formula is C23H24F2N2O. The Balaban J connectivity index is 2.06. The SMILES string of the molecule is CC/C(F)=C(\C=C(\C)Cn1cc(-c2ccc(F)cc2C)c2cccnc21)CO. The standard InChI is InChI=1S/C23H24F2N2O/c1-4-22(25)17(14-28)10-15(2)12-27-13-21(20-6-5-9-26-23(20)27)19-8-7-18(24)11-16(19)3/h5-11,13,28H,4,12,14H2,1-3H3/b15-10-,22-17-. The van der Waals surface area contributed by atoms with Crippen molar-refractivity contribution in [2.45, 2.75) is 33.7 Å². The van der Waals surface area contributed by atoms with Gasteiger partial charge in [0.25, 0.3) is 0 Å². The Bertz CT molecular complexity index is 1060. The molecule has 3 nitrogen and oxygen atoms in total. The van der Waals surface area contributed by atoms with Crippen molar-refractivity contribution in [3.05, 3.63) is 77.2 Å². The minimum Gasteiger partial charge on any atom is -0.392 e. The zero-order valence-electron chi connectivity index (χ0n) is 16.3. The summed E-state index contributed by atoms with van der Waals surface area (Å²) in [6.07, 6.45) is 5.67. The van der Waals surface area contributed by atoms with Crippen molar-refractivity contribution >= 4 is 11.0 Å². The summed E-state index contributed by atoms with van der Waals surface area (Å²) >= 11 is 0. The van der Waals surface area contributed by atoms with Gasteiger partial charge in [-0.25, -0.2) is 13.8 Å². The summed E-state index contributed by atoms with van der Waals surface area (Å²) in [6.45, 7) is 5.68. The number of halogens is 2. The van der Waals surface area contributed by atoms with Gasteiger partial charge in [-0.15, -0.1) is 0 Å². The highest BCUT2D eigenvalue weighted by molar-refractivity contribution is 5.94. The number of fused-ring (bicyclic) bond motifs is 1. The normalized spacial score (nSPS) is 13.1. The summed E-state index contributed by atoms with van der Waals surface area (Å²) < 4.78 is 29.4. The summed E-state index contributed by atoms with van der Waals surface area (Å²) in [4.78, 5) is 4.50. The maximum Gasteiger partial charge on any atom is 0.140 e. The molecule has 0 fully saturated rings. The molecule has 0 radical (unpaired) electrons. The van der Waals surface area contributed by atoms with Gasteiger partial charge in [-0.2, -0.15) is 0 Å². The molecule has 3 aromatic rings. The van der Waals surface area contributed by atoms with Crippen LogP contribution >= 0.6 is 0 Å². The van der Waals surface area contributed by atoms with Crippen molar-refractivity contribution in [1.82, 2.24) is 9.55 Å². The van der Waals surface area contributed by atoms with E-state index in [4.69, 9.17) is 0 Å². The van der Waals surface area contributed by atoms with E-state index < -0.39 is 0 Å². The van der Waals surface area contributed by atoms with Crippen molar-refractivity contribution in [3.8, 4) is 11.1 Å². The average Bonchev–Trinajstić information content (AvgIpc) is 3.04. The van der Waals surface area contributed by atoms with Crippen LogP contribution in [-0.4, -0.2) is 21.3 Å². The largest absolute Gasteiger partial charge is 0.392 e. The minimum absolute atomic E-state index is 0.252. The number of pyridine rings is 1. The number of aromatic nitrogens is 2. The minimum atomic E-state index is -0.332. The van der Waals surface area contributed by atoms with Gasteiger partial charge in [-0.1, -0.05) is 24.6 Å². The highest BCUT2D eigenvalue weighted by atomic mass is 19.1. The first-order valence-corrected chi connectivity index (χ1v) is 9.30. The number of nitrogens with zero attached hydrogens (tertiary/aromatic N) is 2. The molecule has 1 N–H and O–H groups in total. The van der Waals surface area contributed by atoms with Crippen LogP contribution in [0.2, 0.25) is 0 Å².